The van der Waals surface area contributed by atoms with Crippen LogP contribution in [0.15, 0.2) is 41.1 Å². The molecule has 2 rings (SSSR count). The van der Waals surface area contributed by atoms with E-state index in [0.717, 1.165) is 18.4 Å². The van der Waals surface area contributed by atoms with Crippen LogP contribution in [-0.4, -0.2) is 0 Å². The molecule has 0 spiro atoms. The van der Waals surface area contributed by atoms with Gasteiger partial charge in [0, 0.05) is 5.54 Å². The van der Waals surface area contributed by atoms with Crippen LogP contribution in [0.1, 0.15) is 24.5 Å². The van der Waals surface area contributed by atoms with Crippen molar-refractivity contribution in [2.24, 2.45) is 5.73 Å². The topological polar surface area (TPSA) is 26.0 Å². The van der Waals surface area contributed by atoms with Gasteiger partial charge in [-0.15, -0.1) is 0 Å². The van der Waals surface area contributed by atoms with Crippen LogP contribution in [0.2, 0.25) is 0 Å². The maximum atomic E-state index is 13.3. The summed E-state index contributed by atoms with van der Waals surface area (Å²) in [5.41, 5.74) is 8.01. The van der Waals surface area contributed by atoms with Crippen molar-refractivity contribution in [3.8, 4) is 0 Å². The monoisotopic (exact) mass is 249 g/mol. The molecule has 0 saturated carbocycles. The predicted molar refractivity (Wildman–Crippen MR) is 70.6 cm³/mol. The largest absolute Gasteiger partial charge is 0.321 e. The molecule has 0 aliphatic heterocycles. The number of hydrogen-bond acceptors (Lipinski definition) is 2. The number of nitrogens with two attached hydrogens (primary N) is 1. The van der Waals surface area contributed by atoms with E-state index in [-0.39, 0.29) is 5.82 Å². The molecule has 0 amide bonds. The SMILES string of the molecule is CCC(N)(Cc1ccsc1)c1cccc(F)c1. The highest BCUT2D eigenvalue weighted by Crippen LogP contribution is 2.27. The van der Waals surface area contributed by atoms with Gasteiger partial charge in [-0.1, -0.05) is 19.1 Å². The quantitative estimate of drug-likeness (QED) is 0.878. The van der Waals surface area contributed by atoms with Gasteiger partial charge in [0.15, 0.2) is 0 Å². The van der Waals surface area contributed by atoms with Crippen LogP contribution in [0.5, 0.6) is 0 Å². The van der Waals surface area contributed by atoms with E-state index >= 15 is 0 Å². The maximum absolute atomic E-state index is 13.3. The molecule has 1 nitrogen and oxygen atoms in total. The Kier molecular flexibility index (Phi) is 3.60. The lowest BCUT2D eigenvalue weighted by Crippen LogP contribution is -2.38. The van der Waals surface area contributed by atoms with Crippen LogP contribution in [0.4, 0.5) is 4.39 Å². The van der Waals surface area contributed by atoms with Gasteiger partial charge >= 0.3 is 0 Å². The molecule has 1 atom stereocenters. The minimum absolute atomic E-state index is 0.226. The van der Waals surface area contributed by atoms with Crippen molar-refractivity contribution in [3.63, 3.8) is 0 Å². The Morgan fingerprint density at radius 3 is 2.76 bits per heavy atom. The Hall–Kier alpha value is -1.19. The van der Waals surface area contributed by atoms with Crippen LogP contribution in [0, 0.1) is 5.82 Å². The van der Waals surface area contributed by atoms with Crippen molar-refractivity contribution in [2.45, 2.75) is 25.3 Å². The van der Waals surface area contributed by atoms with Crippen LogP contribution < -0.4 is 5.73 Å². The second kappa shape index (κ2) is 4.98. The van der Waals surface area contributed by atoms with Crippen molar-refractivity contribution in [3.05, 3.63) is 58.0 Å². The Balaban J connectivity index is 2.30. The van der Waals surface area contributed by atoms with Crippen molar-refractivity contribution < 1.29 is 4.39 Å². The molecule has 1 heterocycles. The van der Waals surface area contributed by atoms with E-state index in [1.807, 2.05) is 18.4 Å². The zero-order chi connectivity index (χ0) is 12.3. The second-order valence-electron chi connectivity index (χ2n) is 4.33. The molecule has 1 aromatic heterocycles. The fourth-order valence-electron chi connectivity index (χ4n) is 1.99. The maximum Gasteiger partial charge on any atom is 0.123 e. The summed E-state index contributed by atoms with van der Waals surface area (Å²) in [6.07, 6.45) is 1.53. The summed E-state index contributed by atoms with van der Waals surface area (Å²) in [7, 11) is 0. The molecular weight excluding hydrogens is 233 g/mol. The van der Waals surface area contributed by atoms with E-state index in [4.69, 9.17) is 5.73 Å². The minimum atomic E-state index is -0.483. The summed E-state index contributed by atoms with van der Waals surface area (Å²) < 4.78 is 13.3. The number of hydrogen-bond donors (Lipinski definition) is 1. The van der Waals surface area contributed by atoms with Gasteiger partial charge in [-0.2, -0.15) is 11.3 Å². The molecule has 0 aliphatic carbocycles. The molecule has 2 aromatic rings. The number of benzene rings is 1. The second-order valence-corrected chi connectivity index (χ2v) is 5.11. The molecule has 17 heavy (non-hydrogen) atoms. The number of rotatable bonds is 4. The Bertz CT molecular complexity index is 481. The van der Waals surface area contributed by atoms with Crippen LogP contribution in [-0.2, 0) is 12.0 Å². The standard InChI is InChI=1S/C14H16FNS/c1-2-14(16,9-11-6-7-17-10-11)12-4-3-5-13(15)8-12/h3-8,10H,2,9,16H2,1H3. The summed E-state index contributed by atoms with van der Waals surface area (Å²) in [4.78, 5) is 0. The lowest BCUT2D eigenvalue weighted by Gasteiger charge is -2.28. The average molecular weight is 249 g/mol. The van der Waals surface area contributed by atoms with E-state index in [9.17, 15) is 4.39 Å². The van der Waals surface area contributed by atoms with Crippen molar-refractivity contribution in [1.29, 1.82) is 0 Å². The molecule has 0 saturated heterocycles. The molecule has 0 fully saturated rings. The highest BCUT2D eigenvalue weighted by Gasteiger charge is 2.26. The van der Waals surface area contributed by atoms with Gasteiger partial charge in [0.2, 0.25) is 0 Å². The van der Waals surface area contributed by atoms with Gasteiger partial charge in [-0.25, -0.2) is 4.39 Å². The van der Waals surface area contributed by atoms with E-state index < -0.39 is 5.54 Å². The summed E-state index contributed by atoms with van der Waals surface area (Å²) in [5.74, 6) is -0.226. The third kappa shape index (κ3) is 2.73. The van der Waals surface area contributed by atoms with E-state index in [1.165, 1.54) is 17.7 Å². The van der Waals surface area contributed by atoms with Crippen molar-refractivity contribution >= 4 is 11.3 Å². The predicted octanol–water partition coefficient (Wildman–Crippen LogP) is 3.69. The van der Waals surface area contributed by atoms with Gasteiger partial charge in [0.05, 0.1) is 0 Å². The van der Waals surface area contributed by atoms with Gasteiger partial charge in [-0.05, 0) is 52.9 Å². The lowest BCUT2D eigenvalue weighted by molar-refractivity contribution is 0.422. The lowest BCUT2D eigenvalue weighted by atomic mass is 9.83. The molecule has 0 radical (unpaired) electrons. The molecule has 2 N–H and O–H groups in total. The van der Waals surface area contributed by atoms with E-state index in [0.29, 0.717) is 0 Å². The molecule has 1 aromatic carbocycles. The molecule has 0 bridgehead atoms. The molecular formula is C14H16FNS. The average Bonchev–Trinajstić information content (AvgIpc) is 2.81. The van der Waals surface area contributed by atoms with Crippen LogP contribution in [0.25, 0.3) is 0 Å². The summed E-state index contributed by atoms with van der Waals surface area (Å²) in [6, 6.07) is 8.68. The third-order valence-corrected chi connectivity index (χ3v) is 3.86. The number of halogens is 1. The Morgan fingerprint density at radius 2 is 2.18 bits per heavy atom. The smallest absolute Gasteiger partial charge is 0.123 e. The van der Waals surface area contributed by atoms with Gasteiger partial charge in [0.1, 0.15) is 5.82 Å². The van der Waals surface area contributed by atoms with Gasteiger partial charge < -0.3 is 5.73 Å². The molecule has 3 heteroatoms. The first-order chi connectivity index (χ1) is 8.14. The van der Waals surface area contributed by atoms with Gasteiger partial charge in [-0.3, -0.25) is 0 Å². The Morgan fingerprint density at radius 1 is 1.35 bits per heavy atom. The number of thiophene rings is 1. The summed E-state index contributed by atoms with van der Waals surface area (Å²) >= 11 is 1.66. The first-order valence-electron chi connectivity index (χ1n) is 5.70. The van der Waals surface area contributed by atoms with E-state index in [2.05, 4.69) is 11.4 Å². The minimum Gasteiger partial charge on any atom is -0.321 e. The summed E-state index contributed by atoms with van der Waals surface area (Å²) in [5, 5.41) is 4.13. The zero-order valence-corrected chi connectivity index (χ0v) is 10.6. The van der Waals surface area contributed by atoms with Gasteiger partial charge in [0.25, 0.3) is 0 Å². The first kappa shape index (κ1) is 12.3. The first-order valence-corrected chi connectivity index (χ1v) is 6.64. The zero-order valence-electron chi connectivity index (χ0n) is 9.82. The van der Waals surface area contributed by atoms with Crippen molar-refractivity contribution in [1.82, 2.24) is 0 Å². The molecule has 1 unspecified atom stereocenters. The van der Waals surface area contributed by atoms with Crippen LogP contribution >= 0.6 is 11.3 Å². The molecule has 0 aliphatic rings. The third-order valence-electron chi connectivity index (χ3n) is 3.13. The molecule has 90 valence electrons. The van der Waals surface area contributed by atoms with Crippen molar-refractivity contribution in [2.75, 3.05) is 0 Å². The van der Waals surface area contributed by atoms with Crippen LogP contribution in [0.3, 0.4) is 0 Å². The summed E-state index contributed by atoms with van der Waals surface area (Å²) in [6.45, 7) is 2.04. The Labute approximate surface area is 105 Å². The van der Waals surface area contributed by atoms with E-state index in [1.54, 1.807) is 17.4 Å². The highest BCUT2D eigenvalue weighted by molar-refractivity contribution is 7.07. The highest BCUT2D eigenvalue weighted by atomic mass is 32.1. The fraction of sp³-hybridized carbons (Fsp3) is 0.286. The fourth-order valence-corrected chi connectivity index (χ4v) is 2.66. The normalized spacial score (nSPS) is 14.5.